The molecule has 3 aromatic rings. The van der Waals surface area contributed by atoms with Gasteiger partial charge in [-0.05, 0) is 43.5 Å². The molecule has 164 valence electrons. The average Bonchev–Trinajstić information content (AvgIpc) is 3.49. The van der Waals surface area contributed by atoms with Crippen LogP contribution in [0.2, 0.25) is 0 Å². The first kappa shape index (κ1) is 20.3. The molecule has 2 aromatic heterocycles. The fourth-order valence-corrected chi connectivity index (χ4v) is 4.49. The van der Waals surface area contributed by atoms with E-state index in [0.717, 1.165) is 29.7 Å². The second-order valence-electron chi connectivity index (χ2n) is 8.25. The fraction of sp³-hybridized carbons (Fsp3) is 0.348. The average molecular weight is 434 g/mol. The van der Waals surface area contributed by atoms with Crippen molar-refractivity contribution < 1.29 is 14.0 Å². The molecule has 1 atom stereocenters. The van der Waals surface area contributed by atoms with Gasteiger partial charge in [-0.2, -0.15) is 5.10 Å². The van der Waals surface area contributed by atoms with Crippen molar-refractivity contribution in [3.8, 4) is 0 Å². The van der Waals surface area contributed by atoms with E-state index >= 15 is 0 Å². The van der Waals surface area contributed by atoms with E-state index in [1.807, 2.05) is 6.92 Å². The molecule has 1 fully saturated rings. The zero-order chi connectivity index (χ0) is 22.4. The third-order valence-electron chi connectivity index (χ3n) is 6.20. The van der Waals surface area contributed by atoms with E-state index in [0.29, 0.717) is 30.4 Å². The lowest BCUT2D eigenvalue weighted by atomic mass is 10.1. The highest BCUT2D eigenvalue weighted by Crippen LogP contribution is 2.36. The molecule has 2 aliphatic rings. The molecule has 2 amide bonds. The van der Waals surface area contributed by atoms with E-state index in [2.05, 4.69) is 5.10 Å². The summed E-state index contributed by atoms with van der Waals surface area (Å²) in [5.74, 6) is 0.651. The highest BCUT2D eigenvalue weighted by molar-refractivity contribution is 6.00. The van der Waals surface area contributed by atoms with Crippen LogP contribution < -0.4 is 4.90 Å². The summed E-state index contributed by atoms with van der Waals surface area (Å²) in [4.78, 5) is 38.8. The molecule has 0 unspecified atom stereocenters. The SMILES string of the molecule is Cc1nc([C@@H]2CCCN2C(=O)c2ccnn2C)nc2c1CC(=O)N2Cc1ccc(F)cc1. The summed E-state index contributed by atoms with van der Waals surface area (Å²) in [6.07, 6.45) is 3.46. The molecule has 4 heterocycles. The summed E-state index contributed by atoms with van der Waals surface area (Å²) in [7, 11) is 1.74. The molecule has 9 heteroatoms. The van der Waals surface area contributed by atoms with E-state index in [4.69, 9.17) is 9.97 Å². The summed E-state index contributed by atoms with van der Waals surface area (Å²) in [5, 5.41) is 4.10. The van der Waals surface area contributed by atoms with E-state index in [1.54, 1.807) is 45.9 Å². The highest BCUT2D eigenvalue weighted by Gasteiger charge is 2.37. The maximum atomic E-state index is 13.3. The van der Waals surface area contributed by atoms with Crippen molar-refractivity contribution in [1.29, 1.82) is 0 Å². The Balaban J connectivity index is 1.47. The van der Waals surface area contributed by atoms with Crippen LogP contribution in [-0.4, -0.2) is 43.0 Å². The fourth-order valence-electron chi connectivity index (χ4n) is 4.49. The topological polar surface area (TPSA) is 84.2 Å². The lowest BCUT2D eigenvalue weighted by Crippen LogP contribution is -2.33. The number of hydrogen-bond donors (Lipinski definition) is 0. The molecule has 1 saturated heterocycles. The van der Waals surface area contributed by atoms with Crippen LogP contribution in [0.4, 0.5) is 10.2 Å². The van der Waals surface area contributed by atoms with Crippen LogP contribution in [0.1, 0.15) is 52.0 Å². The van der Waals surface area contributed by atoms with Gasteiger partial charge in [-0.15, -0.1) is 0 Å². The molecule has 5 rings (SSSR count). The Labute approximate surface area is 184 Å². The minimum Gasteiger partial charge on any atom is -0.327 e. The van der Waals surface area contributed by atoms with Crippen molar-refractivity contribution in [3.05, 3.63) is 70.7 Å². The Morgan fingerprint density at radius 2 is 1.97 bits per heavy atom. The predicted molar refractivity (Wildman–Crippen MR) is 114 cm³/mol. The summed E-state index contributed by atoms with van der Waals surface area (Å²) < 4.78 is 14.8. The molecule has 0 spiro atoms. The minimum atomic E-state index is -0.318. The van der Waals surface area contributed by atoms with Gasteiger partial charge in [0.15, 0.2) is 5.82 Å². The Kier molecular flexibility index (Phi) is 4.96. The Hall–Kier alpha value is -3.62. The Bertz CT molecular complexity index is 1210. The van der Waals surface area contributed by atoms with Gasteiger partial charge in [0.25, 0.3) is 5.91 Å². The number of nitrogens with zero attached hydrogens (tertiary/aromatic N) is 6. The quantitative estimate of drug-likeness (QED) is 0.631. The highest BCUT2D eigenvalue weighted by atomic mass is 19.1. The number of carbonyl (C=O) groups excluding carboxylic acids is 2. The van der Waals surface area contributed by atoms with Crippen molar-refractivity contribution in [1.82, 2.24) is 24.6 Å². The molecule has 0 bridgehead atoms. The number of anilines is 1. The van der Waals surface area contributed by atoms with Crippen molar-refractivity contribution in [3.63, 3.8) is 0 Å². The number of hydrogen-bond acceptors (Lipinski definition) is 5. The van der Waals surface area contributed by atoms with Gasteiger partial charge >= 0.3 is 0 Å². The number of carbonyl (C=O) groups is 2. The zero-order valence-corrected chi connectivity index (χ0v) is 18.0. The van der Waals surface area contributed by atoms with Gasteiger partial charge in [-0.25, -0.2) is 14.4 Å². The summed E-state index contributed by atoms with van der Waals surface area (Å²) in [6.45, 7) is 2.80. The molecule has 8 nitrogen and oxygen atoms in total. The number of amides is 2. The molecule has 0 saturated carbocycles. The number of aromatic nitrogens is 4. The number of halogens is 1. The van der Waals surface area contributed by atoms with Crippen LogP contribution >= 0.6 is 0 Å². The molecule has 0 radical (unpaired) electrons. The van der Waals surface area contributed by atoms with Crippen molar-refractivity contribution in [2.45, 2.75) is 38.8 Å². The molecule has 0 aliphatic carbocycles. The molecular weight excluding hydrogens is 411 g/mol. The summed E-state index contributed by atoms with van der Waals surface area (Å²) in [5.41, 5.74) is 2.89. The first-order valence-electron chi connectivity index (χ1n) is 10.6. The number of aryl methyl sites for hydroxylation is 2. The monoisotopic (exact) mass is 434 g/mol. The van der Waals surface area contributed by atoms with Crippen LogP contribution in [0.25, 0.3) is 0 Å². The van der Waals surface area contributed by atoms with Gasteiger partial charge in [0.1, 0.15) is 17.3 Å². The summed E-state index contributed by atoms with van der Waals surface area (Å²) in [6, 6.07) is 7.55. The second kappa shape index (κ2) is 7.81. The summed E-state index contributed by atoms with van der Waals surface area (Å²) >= 11 is 0. The van der Waals surface area contributed by atoms with Gasteiger partial charge in [0.2, 0.25) is 5.91 Å². The van der Waals surface area contributed by atoms with Gasteiger partial charge < -0.3 is 4.90 Å². The van der Waals surface area contributed by atoms with Gasteiger partial charge in [-0.3, -0.25) is 19.2 Å². The molecule has 0 N–H and O–H groups in total. The standard InChI is InChI=1S/C23H23FN6O2/c1-14-17-12-20(31)30(13-15-5-7-16(24)8-6-15)22(17)27-21(26-14)18-4-3-11-29(18)23(32)19-9-10-25-28(19)2/h5-10,18H,3-4,11-13H2,1-2H3/t18-/m0/s1. The lowest BCUT2D eigenvalue weighted by Gasteiger charge is -2.25. The van der Waals surface area contributed by atoms with E-state index in [1.165, 1.54) is 12.1 Å². The first-order valence-corrected chi connectivity index (χ1v) is 10.6. The molecule has 2 aliphatic heterocycles. The van der Waals surface area contributed by atoms with Gasteiger partial charge in [-0.1, -0.05) is 12.1 Å². The molecular formula is C23H23FN6O2. The lowest BCUT2D eigenvalue weighted by molar-refractivity contribution is -0.117. The maximum Gasteiger partial charge on any atom is 0.272 e. The Morgan fingerprint density at radius 1 is 1.19 bits per heavy atom. The van der Waals surface area contributed by atoms with Crippen molar-refractivity contribution in [2.75, 3.05) is 11.4 Å². The van der Waals surface area contributed by atoms with E-state index < -0.39 is 0 Å². The largest absolute Gasteiger partial charge is 0.327 e. The van der Waals surface area contributed by atoms with E-state index in [9.17, 15) is 14.0 Å². The van der Waals surface area contributed by atoms with Crippen LogP contribution in [0.3, 0.4) is 0 Å². The van der Waals surface area contributed by atoms with Gasteiger partial charge in [0, 0.05) is 31.0 Å². The third kappa shape index (κ3) is 3.43. The normalized spacial score (nSPS) is 17.8. The minimum absolute atomic E-state index is 0.0619. The third-order valence-corrected chi connectivity index (χ3v) is 6.20. The predicted octanol–water partition coefficient (Wildman–Crippen LogP) is 2.72. The van der Waals surface area contributed by atoms with Crippen LogP contribution in [0, 0.1) is 12.7 Å². The Morgan fingerprint density at radius 3 is 2.69 bits per heavy atom. The van der Waals surface area contributed by atoms with Crippen molar-refractivity contribution in [2.24, 2.45) is 7.05 Å². The van der Waals surface area contributed by atoms with Crippen LogP contribution in [0.5, 0.6) is 0 Å². The second-order valence-corrected chi connectivity index (χ2v) is 8.25. The first-order chi connectivity index (χ1) is 15.4. The number of likely N-dealkylation sites (tertiary alicyclic amines) is 1. The molecule has 32 heavy (non-hydrogen) atoms. The van der Waals surface area contributed by atoms with Crippen LogP contribution in [-0.2, 0) is 24.8 Å². The maximum absolute atomic E-state index is 13.3. The smallest absolute Gasteiger partial charge is 0.272 e. The van der Waals surface area contributed by atoms with E-state index in [-0.39, 0.29) is 30.1 Å². The zero-order valence-electron chi connectivity index (χ0n) is 18.0. The number of benzene rings is 1. The number of rotatable bonds is 4. The van der Waals surface area contributed by atoms with Crippen LogP contribution in [0.15, 0.2) is 36.5 Å². The van der Waals surface area contributed by atoms with Gasteiger partial charge in [0.05, 0.1) is 19.0 Å². The molecule has 1 aromatic carbocycles. The number of fused-ring (bicyclic) bond motifs is 1. The van der Waals surface area contributed by atoms with Crippen molar-refractivity contribution >= 4 is 17.6 Å².